The first-order chi connectivity index (χ1) is 14.6. The molecule has 0 radical (unpaired) electrons. The molecule has 0 aliphatic carbocycles. The molecule has 0 saturated heterocycles. The molecule has 0 saturated carbocycles. The molecule has 0 amide bonds. The van der Waals surface area contributed by atoms with Gasteiger partial charge in [0.25, 0.3) is 0 Å². The van der Waals surface area contributed by atoms with Gasteiger partial charge in [0, 0.05) is 16.0 Å². The molecule has 0 aliphatic rings. The van der Waals surface area contributed by atoms with Gasteiger partial charge in [0.15, 0.2) is 0 Å². The van der Waals surface area contributed by atoms with E-state index in [0.29, 0.717) is 16.3 Å². The zero-order chi connectivity index (χ0) is 21.1. The maximum atomic E-state index is 11.8. The molecule has 30 heavy (non-hydrogen) atoms. The second kappa shape index (κ2) is 8.68. The van der Waals surface area contributed by atoms with E-state index < -0.39 is 5.97 Å². The Morgan fingerprint density at radius 1 is 0.967 bits per heavy atom. The molecule has 3 aromatic carbocycles. The van der Waals surface area contributed by atoms with Crippen LogP contribution in [-0.2, 0) is 17.6 Å². The number of hydrogen-bond donors (Lipinski definition) is 1. The molecule has 0 fully saturated rings. The van der Waals surface area contributed by atoms with Gasteiger partial charge >= 0.3 is 5.97 Å². The summed E-state index contributed by atoms with van der Waals surface area (Å²) in [5.41, 5.74) is 6.20. The van der Waals surface area contributed by atoms with Crippen LogP contribution in [0.25, 0.3) is 33.3 Å². The molecule has 1 heterocycles. The van der Waals surface area contributed by atoms with Crippen molar-refractivity contribution in [3.63, 3.8) is 0 Å². The Balaban J connectivity index is 2.04. The third kappa shape index (κ3) is 4.07. The first-order valence-corrected chi connectivity index (χ1v) is 10.4. The minimum atomic E-state index is -0.890. The molecule has 4 aromatic rings. The molecule has 0 atom stereocenters. The molecule has 3 nitrogen and oxygen atoms in total. The second-order valence-electron chi connectivity index (χ2n) is 7.36. The number of carboxylic acids is 1. The van der Waals surface area contributed by atoms with Crippen LogP contribution in [0.5, 0.6) is 0 Å². The summed E-state index contributed by atoms with van der Waals surface area (Å²) >= 11 is 6.30. The second-order valence-corrected chi connectivity index (χ2v) is 7.80. The summed E-state index contributed by atoms with van der Waals surface area (Å²) in [5.74, 6) is -0.890. The molecule has 0 spiro atoms. The van der Waals surface area contributed by atoms with Crippen molar-refractivity contribution in [1.29, 1.82) is 0 Å². The van der Waals surface area contributed by atoms with Gasteiger partial charge in [-0.2, -0.15) is 0 Å². The van der Waals surface area contributed by atoms with E-state index in [1.807, 2.05) is 60.7 Å². The number of pyridine rings is 1. The third-order valence-electron chi connectivity index (χ3n) is 5.20. The highest BCUT2D eigenvalue weighted by Crippen LogP contribution is 2.38. The summed E-state index contributed by atoms with van der Waals surface area (Å²) in [7, 11) is 0. The maximum absolute atomic E-state index is 11.8. The highest BCUT2D eigenvalue weighted by atomic mass is 35.5. The summed E-state index contributed by atoms with van der Waals surface area (Å²) in [6, 6.07) is 23.7. The lowest BCUT2D eigenvalue weighted by atomic mass is 9.90. The molecule has 4 rings (SSSR count). The largest absolute Gasteiger partial charge is 0.481 e. The Hall–Kier alpha value is -3.17. The zero-order valence-corrected chi connectivity index (χ0v) is 17.5. The third-order valence-corrected chi connectivity index (χ3v) is 5.44. The minimum Gasteiger partial charge on any atom is -0.481 e. The molecule has 0 bridgehead atoms. The van der Waals surface area contributed by atoms with Crippen LogP contribution in [0.3, 0.4) is 0 Å². The molecule has 4 heteroatoms. The van der Waals surface area contributed by atoms with E-state index in [-0.39, 0.29) is 6.42 Å². The summed E-state index contributed by atoms with van der Waals surface area (Å²) in [4.78, 5) is 16.7. The molecule has 150 valence electrons. The van der Waals surface area contributed by atoms with Crippen LogP contribution in [-0.4, -0.2) is 16.1 Å². The fraction of sp³-hybridized carbons (Fsp3) is 0.154. The van der Waals surface area contributed by atoms with Crippen LogP contribution in [0, 0.1) is 0 Å². The number of aromatic nitrogens is 1. The van der Waals surface area contributed by atoms with Crippen LogP contribution in [0.1, 0.15) is 24.5 Å². The highest BCUT2D eigenvalue weighted by molar-refractivity contribution is 6.31. The predicted molar refractivity (Wildman–Crippen MR) is 123 cm³/mol. The van der Waals surface area contributed by atoms with Crippen LogP contribution >= 0.6 is 11.6 Å². The van der Waals surface area contributed by atoms with Crippen molar-refractivity contribution in [1.82, 2.24) is 4.98 Å². The summed E-state index contributed by atoms with van der Waals surface area (Å²) in [5, 5.41) is 11.2. The van der Waals surface area contributed by atoms with Gasteiger partial charge in [-0.15, -0.1) is 0 Å². The Labute approximate surface area is 181 Å². The summed E-state index contributed by atoms with van der Waals surface area (Å²) < 4.78 is 0. The van der Waals surface area contributed by atoms with E-state index >= 15 is 0 Å². The number of aryl methyl sites for hydroxylation is 1. The van der Waals surface area contributed by atoms with Crippen molar-refractivity contribution in [2.75, 3.05) is 0 Å². The highest BCUT2D eigenvalue weighted by Gasteiger charge is 2.20. The van der Waals surface area contributed by atoms with E-state index in [1.54, 1.807) is 0 Å². The van der Waals surface area contributed by atoms with Crippen molar-refractivity contribution in [3.05, 3.63) is 88.9 Å². The molecule has 1 aromatic heterocycles. The molecule has 0 unspecified atom stereocenters. The first-order valence-electron chi connectivity index (χ1n) is 10.1. The number of aliphatic carboxylic acids is 1. The SMILES string of the molecule is CCCc1ccc(-c2nc3ccc(Cl)cc3c(-c3ccccc3)c2CC(=O)O)cc1. The molecule has 0 aliphatic heterocycles. The van der Waals surface area contributed by atoms with Crippen molar-refractivity contribution in [3.8, 4) is 22.4 Å². The van der Waals surface area contributed by atoms with Gasteiger partial charge in [-0.25, -0.2) is 4.98 Å². The van der Waals surface area contributed by atoms with Crippen molar-refractivity contribution < 1.29 is 9.90 Å². The van der Waals surface area contributed by atoms with Crippen LogP contribution < -0.4 is 0 Å². The first kappa shape index (κ1) is 20.1. The Morgan fingerprint density at radius 2 is 1.70 bits per heavy atom. The molecule has 1 N–H and O–H groups in total. The topological polar surface area (TPSA) is 50.2 Å². The lowest BCUT2D eigenvalue weighted by Gasteiger charge is -2.17. The number of nitrogens with zero attached hydrogens (tertiary/aromatic N) is 1. The van der Waals surface area contributed by atoms with Gasteiger partial charge in [0.2, 0.25) is 0 Å². The van der Waals surface area contributed by atoms with Crippen molar-refractivity contribution >= 4 is 28.5 Å². The average Bonchev–Trinajstić information content (AvgIpc) is 2.74. The minimum absolute atomic E-state index is 0.119. The number of carboxylic acid groups (broad SMARTS) is 1. The van der Waals surface area contributed by atoms with E-state index in [0.717, 1.165) is 40.4 Å². The van der Waals surface area contributed by atoms with Crippen molar-refractivity contribution in [2.45, 2.75) is 26.2 Å². The quantitative estimate of drug-likeness (QED) is 0.376. The van der Waals surface area contributed by atoms with Crippen LogP contribution in [0.15, 0.2) is 72.8 Å². The standard InChI is InChI=1S/C26H22ClNO2/c1-2-6-17-9-11-19(12-10-17)26-22(16-24(29)30)25(18-7-4-3-5-8-18)21-15-20(27)13-14-23(21)28-26/h3-5,7-15H,2,6,16H2,1H3,(H,29,30). The number of hydrogen-bond acceptors (Lipinski definition) is 2. The Kier molecular flexibility index (Phi) is 5.82. The fourth-order valence-electron chi connectivity index (χ4n) is 3.89. The molecular weight excluding hydrogens is 394 g/mol. The normalized spacial score (nSPS) is 11.0. The van der Waals surface area contributed by atoms with Gasteiger partial charge in [-0.1, -0.05) is 79.5 Å². The van der Waals surface area contributed by atoms with E-state index in [4.69, 9.17) is 16.6 Å². The van der Waals surface area contributed by atoms with Crippen LogP contribution in [0.2, 0.25) is 5.02 Å². The lowest BCUT2D eigenvalue weighted by Crippen LogP contribution is -2.06. The number of benzene rings is 3. The van der Waals surface area contributed by atoms with Gasteiger partial charge in [0.1, 0.15) is 0 Å². The number of fused-ring (bicyclic) bond motifs is 1. The number of halogens is 1. The Morgan fingerprint density at radius 3 is 2.37 bits per heavy atom. The van der Waals surface area contributed by atoms with Gasteiger partial charge < -0.3 is 5.11 Å². The zero-order valence-electron chi connectivity index (χ0n) is 16.7. The maximum Gasteiger partial charge on any atom is 0.307 e. The van der Waals surface area contributed by atoms with E-state index in [9.17, 15) is 9.90 Å². The molecular formula is C26H22ClNO2. The van der Waals surface area contributed by atoms with Gasteiger partial charge in [0.05, 0.1) is 17.6 Å². The summed E-state index contributed by atoms with van der Waals surface area (Å²) in [6.45, 7) is 2.15. The number of rotatable bonds is 6. The fourth-order valence-corrected chi connectivity index (χ4v) is 4.06. The van der Waals surface area contributed by atoms with Crippen LogP contribution in [0.4, 0.5) is 0 Å². The monoisotopic (exact) mass is 415 g/mol. The number of carbonyl (C=O) groups is 1. The van der Waals surface area contributed by atoms with Crippen molar-refractivity contribution in [2.24, 2.45) is 0 Å². The van der Waals surface area contributed by atoms with Gasteiger partial charge in [-0.05, 0) is 46.9 Å². The van der Waals surface area contributed by atoms with E-state index in [1.165, 1.54) is 5.56 Å². The lowest BCUT2D eigenvalue weighted by molar-refractivity contribution is -0.136. The smallest absolute Gasteiger partial charge is 0.307 e. The summed E-state index contributed by atoms with van der Waals surface area (Å²) in [6.07, 6.45) is 1.98. The van der Waals surface area contributed by atoms with E-state index in [2.05, 4.69) is 19.1 Å². The Bertz CT molecular complexity index is 1200. The average molecular weight is 416 g/mol. The van der Waals surface area contributed by atoms with Gasteiger partial charge in [-0.3, -0.25) is 4.79 Å². The predicted octanol–water partition coefficient (Wildman–Crippen LogP) is 6.80.